The number of nitrogens with zero attached hydrogens (tertiary/aromatic N) is 2. The molecule has 2 aromatic heterocycles. The van der Waals surface area contributed by atoms with Gasteiger partial charge in [-0.05, 0) is 31.5 Å². The summed E-state index contributed by atoms with van der Waals surface area (Å²) in [5.74, 6) is 0.966. The Morgan fingerprint density at radius 2 is 2.05 bits per heavy atom. The summed E-state index contributed by atoms with van der Waals surface area (Å²) in [5.41, 5.74) is 3.61. The van der Waals surface area contributed by atoms with Gasteiger partial charge in [-0.25, -0.2) is 0 Å². The summed E-state index contributed by atoms with van der Waals surface area (Å²) in [6.07, 6.45) is 3.80. The summed E-state index contributed by atoms with van der Waals surface area (Å²) >= 11 is 0. The molecule has 0 saturated heterocycles. The topological polar surface area (TPSA) is 43.0 Å². The van der Waals surface area contributed by atoms with Crippen LogP contribution in [-0.4, -0.2) is 16.3 Å². The van der Waals surface area contributed by atoms with E-state index in [4.69, 9.17) is 4.42 Å². The highest BCUT2D eigenvalue weighted by molar-refractivity contribution is 5.15. The third-order valence-electron chi connectivity index (χ3n) is 3.23. The third kappa shape index (κ3) is 3.47. The lowest BCUT2D eigenvalue weighted by molar-refractivity contribution is 0.471. The fourth-order valence-electron chi connectivity index (χ4n) is 2.13. The molecule has 1 N–H and O–H groups in total. The Labute approximate surface area is 114 Å². The molecule has 0 amide bonds. The Hall–Kier alpha value is -1.55. The van der Waals surface area contributed by atoms with Gasteiger partial charge in [-0.2, -0.15) is 5.10 Å². The number of rotatable bonds is 7. The Morgan fingerprint density at radius 1 is 1.21 bits per heavy atom. The van der Waals surface area contributed by atoms with Gasteiger partial charge in [0.1, 0.15) is 5.76 Å². The summed E-state index contributed by atoms with van der Waals surface area (Å²) in [6, 6.07) is 4.29. The first-order chi connectivity index (χ1) is 9.26. The lowest BCUT2D eigenvalue weighted by atomic mass is 10.2. The predicted octanol–water partition coefficient (Wildman–Crippen LogP) is 2.76. The lowest BCUT2D eigenvalue weighted by Crippen LogP contribution is -2.10. The molecule has 0 radical (unpaired) electrons. The van der Waals surface area contributed by atoms with Crippen LogP contribution in [0.25, 0.3) is 0 Å². The molecule has 0 spiro atoms. The Balaban J connectivity index is 2.07. The monoisotopic (exact) mass is 261 g/mol. The van der Waals surface area contributed by atoms with Crippen molar-refractivity contribution >= 4 is 0 Å². The van der Waals surface area contributed by atoms with Crippen LogP contribution in [0.4, 0.5) is 0 Å². The highest BCUT2D eigenvalue weighted by atomic mass is 16.3. The molecule has 0 aliphatic heterocycles. The SMILES string of the molecule is CCNCc1coc(Cn2nc(CC)cc2CC)c1. The van der Waals surface area contributed by atoms with E-state index in [9.17, 15) is 0 Å². The third-order valence-corrected chi connectivity index (χ3v) is 3.23. The molecule has 0 aliphatic rings. The first-order valence-corrected chi connectivity index (χ1v) is 7.09. The zero-order valence-electron chi connectivity index (χ0n) is 12.1. The lowest BCUT2D eigenvalue weighted by Gasteiger charge is -2.02. The van der Waals surface area contributed by atoms with Crippen LogP contribution in [0.2, 0.25) is 0 Å². The number of aryl methyl sites for hydroxylation is 2. The second kappa shape index (κ2) is 6.57. The Kier molecular flexibility index (Phi) is 4.80. The van der Waals surface area contributed by atoms with E-state index < -0.39 is 0 Å². The maximum absolute atomic E-state index is 5.61. The van der Waals surface area contributed by atoms with Gasteiger partial charge < -0.3 is 9.73 Å². The minimum Gasteiger partial charge on any atom is -0.467 e. The van der Waals surface area contributed by atoms with Gasteiger partial charge in [0.05, 0.1) is 18.5 Å². The van der Waals surface area contributed by atoms with Gasteiger partial charge >= 0.3 is 0 Å². The van der Waals surface area contributed by atoms with Gasteiger partial charge in [0.25, 0.3) is 0 Å². The largest absolute Gasteiger partial charge is 0.467 e. The Bertz CT molecular complexity index is 513. The molecular formula is C15H23N3O. The number of aromatic nitrogens is 2. The summed E-state index contributed by atoms with van der Waals surface area (Å²) in [4.78, 5) is 0. The molecule has 2 heterocycles. The molecule has 0 aromatic carbocycles. The number of nitrogens with one attached hydrogen (secondary N) is 1. The van der Waals surface area contributed by atoms with Crippen LogP contribution in [0.15, 0.2) is 22.8 Å². The van der Waals surface area contributed by atoms with Gasteiger partial charge in [-0.15, -0.1) is 0 Å². The molecule has 0 atom stereocenters. The number of hydrogen-bond acceptors (Lipinski definition) is 3. The molecule has 0 aliphatic carbocycles. The van der Waals surface area contributed by atoms with Crippen LogP contribution in [-0.2, 0) is 25.9 Å². The van der Waals surface area contributed by atoms with Crippen LogP contribution in [0.5, 0.6) is 0 Å². The van der Waals surface area contributed by atoms with E-state index in [0.717, 1.165) is 43.9 Å². The van der Waals surface area contributed by atoms with Crippen LogP contribution < -0.4 is 5.32 Å². The minimum absolute atomic E-state index is 0.718. The normalized spacial score (nSPS) is 11.1. The van der Waals surface area contributed by atoms with Gasteiger partial charge in [-0.1, -0.05) is 20.8 Å². The minimum atomic E-state index is 0.718. The van der Waals surface area contributed by atoms with Gasteiger partial charge in [0.2, 0.25) is 0 Å². The summed E-state index contributed by atoms with van der Waals surface area (Å²) in [6.45, 7) is 8.94. The molecule has 0 fully saturated rings. The molecule has 2 rings (SSSR count). The Morgan fingerprint density at radius 3 is 2.74 bits per heavy atom. The summed E-state index contributed by atoms with van der Waals surface area (Å²) in [5, 5.41) is 7.90. The molecule has 0 saturated carbocycles. The van der Waals surface area contributed by atoms with Crippen molar-refractivity contribution < 1.29 is 4.42 Å². The molecule has 4 heteroatoms. The van der Waals surface area contributed by atoms with E-state index in [2.05, 4.69) is 48.0 Å². The summed E-state index contributed by atoms with van der Waals surface area (Å²) in [7, 11) is 0. The van der Waals surface area contributed by atoms with E-state index in [-0.39, 0.29) is 0 Å². The maximum atomic E-state index is 5.61. The van der Waals surface area contributed by atoms with Crippen molar-refractivity contribution in [3.05, 3.63) is 41.1 Å². The van der Waals surface area contributed by atoms with Crippen molar-refractivity contribution in [2.24, 2.45) is 0 Å². The highest BCUT2D eigenvalue weighted by Crippen LogP contribution is 2.13. The number of furan rings is 1. The second-order valence-electron chi connectivity index (χ2n) is 4.69. The summed E-state index contributed by atoms with van der Waals surface area (Å²) < 4.78 is 7.66. The van der Waals surface area contributed by atoms with Crippen molar-refractivity contribution in [2.75, 3.05) is 6.54 Å². The highest BCUT2D eigenvalue weighted by Gasteiger charge is 2.08. The molecule has 4 nitrogen and oxygen atoms in total. The second-order valence-corrected chi connectivity index (χ2v) is 4.69. The van der Waals surface area contributed by atoms with Crippen molar-refractivity contribution in [3.8, 4) is 0 Å². The van der Waals surface area contributed by atoms with Crippen molar-refractivity contribution in [1.29, 1.82) is 0 Å². The van der Waals surface area contributed by atoms with Gasteiger partial charge in [0, 0.05) is 17.8 Å². The molecule has 104 valence electrons. The quantitative estimate of drug-likeness (QED) is 0.833. The van der Waals surface area contributed by atoms with E-state index in [1.165, 1.54) is 11.3 Å². The van der Waals surface area contributed by atoms with E-state index in [1.807, 2.05) is 6.26 Å². The zero-order valence-corrected chi connectivity index (χ0v) is 12.1. The molecule has 2 aromatic rings. The molecule has 0 unspecified atom stereocenters. The first-order valence-electron chi connectivity index (χ1n) is 7.09. The average Bonchev–Trinajstić information content (AvgIpc) is 3.03. The first kappa shape index (κ1) is 13.9. The van der Waals surface area contributed by atoms with Gasteiger partial charge in [-0.3, -0.25) is 4.68 Å². The van der Waals surface area contributed by atoms with Crippen LogP contribution in [0, 0.1) is 0 Å². The maximum Gasteiger partial charge on any atom is 0.125 e. The van der Waals surface area contributed by atoms with Crippen LogP contribution >= 0.6 is 0 Å². The van der Waals surface area contributed by atoms with Gasteiger partial charge in [0.15, 0.2) is 0 Å². The average molecular weight is 261 g/mol. The van der Waals surface area contributed by atoms with E-state index >= 15 is 0 Å². The number of hydrogen-bond donors (Lipinski definition) is 1. The smallest absolute Gasteiger partial charge is 0.125 e. The van der Waals surface area contributed by atoms with Crippen molar-refractivity contribution in [2.45, 2.75) is 46.7 Å². The van der Waals surface area contributed by atoms with Crippen molar-refractivity contribution in [3.63, 3.8) is 0 Å². The molecule has 19 heavy (non-hydrogen) atoms. The zero-order chi connectivity index (χ0) is 13.7. The molecule has 0 bridgehead atoms. The van der Waals surface area contributed by atoms with Crippen LogP contribution in [0.1, 0.15) is 43.5 Å². The van der Waals surface area contributed by atoms with E-state index in [1.54, 1.807) is 0 Å². The fourth-order valence-corrected chi connectivity index (χ4v) is 2.13. The van der Waals surface area contributed by atoms with Crippen LogP contribution in [0.3, 0.4) is 0 Å². The van der Waals surface area contributed by atoms with E-state index in [0.29, 0.717) is 0 Å². The standard InChI is InChI=1S/C15H23N3O/c1-4-13-8-14(5-2)18(17-13)10-15-7-12(11-19-15)9-16-6-3/h7-8,11,16H,4-6,9-10H2,1-3H3. The predicted molar refractivity (Wildman–Crippen MR) is 76.2 cm³/mol. The fraction of sp³-hybridized carbons (Fsp3) is 0.533. The van der Waals surface area contributed by atoms with Crippen molar-refractivity contribution in [1.82, 2.24) is 15.1 Å². The molecular weight excluding hydrogens is 238 g/mol.